The van der Waals surface area contributed by atoms with E-state index in [1.54, 1.807) is 0 Å². The molecule has 0 N–H and O–H groups in total. The normalized spacial score (nSPS) is 11.7. The van der Waals surface area contributed by atoms with Gasteiger partial charge in [0.2, 0.25) is 0 Å². The van der Waals surface area contributed by atoms with Gasteiger partial charge >= 0.3 is 0 Å². The van der Waals surface area contributed by atoms with Crippen molar-refractivity contribution in [2.75, 3.05) is 0 Å². The van der Waals surface area contributed by atoms with E-state index in [1.165, 1.54) is 114 Å². The Morgan fingerprint density at radius 1 is 0.400 bits per heavy atom. The lowest BCUT2D eigenvalue weighted by atomic mass is 10.0. The van der Waals surface area contributed by atoms with Crippen LogP contribution in [-0.4, -0.2) is 12.4 Å². The van der Waals surface area contributed by atoms with Crippen LogP contribution < -0.4 is 0 Å². The highest BCUT2D eigenvalue weighted by molar-refractivity contribution is 5.86. The minimum absolute atomic E-state index is 1.00. The van der Waals surface area contributed by atoms with Crippen molar-refractivity contribution in [3.63, 3.8) is 0 Å². The molecule has 0 saturated heterocycles. The fourth-order valence-electron chi connectivity index (χ4n) is 5.04. The van der Waals surface area contributed by atoms with Crippen LogP contribution in [0.5, 0.6) is 0 Å². The number of benzene rings is 3. The standard InChI is InChI=1S/C38H52N2/c1-3-5-7-9-11-13-15-17-33-23-27-37(28-24-33)39-31-35-19-21-36(22-20-35)32-40-38-29-25-34(26-30-38)18-16-14-12-10-8-6-4-2/h19-32H,3-18H2,1-2H3. The largest absolute Gasteiger partial charge is 0.256 e. The number of aryl methyl sites for hydroxylation is 2. The SMILES string of the molecule is CCCCCCCCCc1ccc(N=Cc2ccc(C=Nc3ccc(CCCCCCCCC)cc3)cc2)cc1. The summed E-state index contributed by atoms with van der Waals surface area (Å²) in [5.41, 5.74) is 7.03. The van der Waals surface area contributed by atoms with Crippen LogP contribution in [0.25, 0.3) is 0 Å². The van der Waals surface area contributed by atoms with Crippen molar-refractivity contribution >= 4 is 23.8 Å². The summed E-state index contributed by atoms with van der Waals surface area (Å²) in [6.45, 7) is 4.55. The molecule has 2 nitrogen and oxygen atoms in total. The molecular weight excluding hydrogens is 484 g/mol. The summed E-state index contributed by atoms with van der Waals surface area (Å²) in [6.07, 6.45) is 25.2. The minimum Gasteiger partial charge on any atom is -0.256 e. The highest BCUT2D eigenvalue weighted by Gasteiger charge is 1.98. The van der Waals surface area contributed by atoms with Gasteiger partial charge < -0.3 is 0 Å². The molecule has 0 bridgehead atoms. The molecule has 0 aliphatic rings. The molecule has 3 rings (SSSR count). The summed E-state index contributed by atoms with van der Waals surface area (Å²) in [5.74, 6) is 0. The van der Waals surface area contributed by atoms with Gasteiger partial charge in [0, 0.05) is 12.4 Å². The first-order chi connectivity index (χ1) is 19.8. The maximum absolute atomic E-state index is 4.67. The third-order valence-corrected chi connectivity index (χ3v) is 7.67. The molecule has 0 amide bonds. The van der Waals surface area contributed by atoms with Gasteiger partial charge in [0.1, 0.15) is 0 Å². The van der Waals surface area contributed by atoms with Crippen molar-refractivity contribution in [2.45, 2.75) is 117 Å². The minimum atomic E-state index is 1.00. The van der Waals surface area contributed by atoms with Crippen LogP contribution in [0.4, 0.5) is 11.4 Å². The van der Waals surface area contributed by atoms with Crippen LogP contribution in [0.1, 0.15) is 126 Å². The van der Waals surface area contributed by atoms with E-state index in [0.29, 0.717) is 0 Å². The monoisotopic (exact) mass is 536 g/mol. The summed E-state index contributed by atoms with van der Waals surface area (Å²) in [4.78, 5) is 9.34. The van der Waals surface area contributed by atoms with Crippen LogP contribution in [0, 0.1) is 0 Å². The van der Waals surface area contributed by atoms with Gasteiger partial charge in [0.15, 0.2) is 0 Å². The second-order valence-corrected chi connectivity index (χ2v) is 11.3. The molecule has 0 fully saturated rings. The predicted molar refractivity (Wildman–Crippen MR) is 177 cm³/mol. The summed E-state index contributed by atoms with van der Waals surface area (Å²) in [7, 11) is 0. The first-order valence-electron chi connectivity index (χ1n) is 16.1. The van der Waals surface area contributed by atoms with E-state index in [9.17, 15) is 0 Å². The maximum Gasteiger partial charge on any atom is 0.0630 e. The van der Waals surface area contributed by atoms with Crippen LogP contribution in [-0.2, 0) is 12.8 Å². The molecule has 0 aliphatic heterocycles. The van der Waals surface area contributed by atoms with Crippen LogP contribution in [0.2, 0.25) is 0 Å². The molecule has 3 aromatic rings. The Kier molecular flexibility index (Phi) is 15.7. The molecule has 40 heavy (non-hydrogen) atoms. The summed E-state index contributed by atoms with van der Waals surface area (Å²) >= 11 is 0. The lowest BCUT2D eigenvalue weighted by molar-refractivity contribution is 0.589. The Morgan fingerprint density at radius 2 is 0.725 bits per heavy atom. The van der Waals surface area contributed by atoms with E-state index in [1.807, 2.05) is 12.4 Å². The highest BCUT2D eigenvalue weighted by atomic mass is 14.7. The molecule has 2 heteroatoms. The van der Waals surface area contributed by atoms with Crippen LogP contribution >= 0.6 is 0 Å². The van der Waals surface area contributed by atoms with Gasteiger partial charge in [0.05, 0.1) is 11.4 Å². The van der Waals surface area contributed by atoms with Crippen molar-refractivity contribution in [1.82, 2.24) is 0 Å². The quantitative estimate of drug-likeness (QED) is 0.101. The molecule has 3 aromatic carbocycles. The van der Waals surface area contributed by atoms with Gasteiger partial charge in [-0.3, -0.25) is 9.98 Å². The molecule has 0 heterocycles. The zero-order chi connectivity index (χ0) is 28.1. The van der Waals surface area contributed by atoms with Gasteiger partial charge in [-0.25, -0.2) is 0 Å². The van der Waals surface area contributed by atoms with Crippen LogP contribution in [0.15, 0.2) is 82.8 Å². The smallest absolute Gasteiger partial charge is 0.0630 e. The summed E-state index contributed by atoms with van der Waals surface area (Å²) in [6, 6.07) is 25.9. The second-order valence-electron chi connectivity index (χ2n) is 11.3. The Bertz CT molecular complexity index is 1000. The fraction of sp³-hybridized carbons (Fsp3) is 0.474. The number of nitrogens with zero attached hydrogens (tertiary/aromatic N) is 2. The molecule has 0 saturated carbocycles. The van der Waals surface area contributed by atoms with E-state index in [2.05, 4.69) is 96.6 Å². The molecule has 0 spiro atoms. The topological polar surface area (TPSA) is 24.7 Å². The molecular formula is C38H52N2. The molecule has 0 radical (unpaired) electrons. The molecule has 214 valence electrons. The number of rotatable bonds is 20. The van der Waals surface area contributed by atoms with E-state index in [4.69, 9.17) is 0 Å². The van der Waals surface area contributed by atoms with Crippen LogP contribution in [0.3, 0.4) is 0 Å². The fourth-order valence-corrected chi connectivity index (χ4v) is 5.04. The summed E-state index contributed by atoms with van der Waals surface area (Å²) < 4.78 is 0. The zero-order valence-electron chi connectivity index (χ0n) is 25.3. The zero-order valence-corrected chi connectivity index (χ0v) is 25.3. The molecule has 0 aliphatic carbocycles. The predicted octanol–water partition coefficient (Wildman–Crippen LogP) is 11.8. The van der Waals surface area contributed by atoms with E-state index < -0.39 is 0 Å². The molecule has 0 unspecified atom stereocenters. The van der Waals surface area contributed by atoms with Crippen molar-refractivity contribution in [3.05, 3.63) is 95.1 Å². The van der Waals surface area contributed by atoms with E-state index in [-0.39, 0.29) is 0 Å². The highest BCUT2D eigenvalue weighted by Crippen LogP contribution is 2.18. The Labute approximate surface area is 245 Å². The van der Waals surface area contributed by atoms with Gasteiger partial charge in [-0.15, -0.1) is 0 Å². The summed E-state index contributed by atoms with van der Waals surface area (Å²) in [5, 5.41) is 0. The van der Waals surface area contributed by atoms with Crippen molar-refractivity contribution in [2.24, 2.45) is 9.98 Å². The third kappa shape index (κ3) is 13.4. The number of aliphatic imine (C=N–C) groups is 2. The van der Waals surface area contributed by atoms with Crippen molar-refractivity contribution < 1.29 is 0 Å². The Hall–Kier alpha value is -3.00. The van der Waals surface area contributed by atoms with Gasteiger partial charge in [-0.1, -0.05) is 139 Å². The number of hydrogen-bond acceptors (Lipinski definition) is 2. The number of hydrogen-bond donors (Lipinski definition) is 0. The Morgan fingerprint density at radius 3 is 1.07 bits per heavy atom. The van der Waals surface area contributed by atoms with Gasteiger partial charge in [0.25, 0.3) is 0 Å². The van der Waals surface area contributed by atoms with Gasteiger partial charge in [-0.05, 0) is 72.2 Å². The van der Waals surface area contributed by atoms with E-state index in [0.717, 1.165) is 22.5 Å². The first-order valence-corrected chi connectivity index (χ1v) is 16.1. The average Bonchev–Trinajstić information content (AvgIpc) is 3.00. The first kappa shape index (κ1) is 31.5. The average molecular weight is 537 g/mol. The van der Waals surface area contributed by atoms with Gasteiger partial charge in [-0.2, -0.15) is 0 Å². The Balaban J connectivity index is 1.36. The molecule has 0 aromatic heterocycles. The third-order valence-electron chi connectivity index (χ3n) is 7.67. The molecule has 0 atom stereocenters. The van der Waals surface area contributed by atoms with Crippen molar-refractivity contribution in [3.8, 4) is 0 Å². The van der Waals surface area contributed by atoms with E-state index >= 15 is 0 Å². The van der Waals surface area contributed by atoms with Crippen molar-refractivity contribution in [1.29, 1.82) is 0 Å². The number of unbranched alkanes of at least 4 members (excludes halogenated alkanes) is 12. The maximum atomic E-state index is 4.67. The second kappa shape index (κ2) is 20.0. The lowest BCUT2D eigenvalue weighted by Gasteiger charge is -2.03. The lowest BCUT2D eigenvalue weighted by Crippen LogP contribution is -1.87.